The first-order valence-corrected chi connectivity index (χ1v) is 11.1. The lowest BCUT2D eigenvalue weighted by atomic mass is 9.83. The summed E-state index contributed by atoms with van der Waals surface area (Å²) in [6.07, 6.45) is 7.97. The molecular weight excluding hydrogens is 380 g/mol. The van der Waals surface area contributed by atoms with Gasteiger partial charge in [-0.25, -0.2) is 0 Å². The standard InChI is InChI=1S/C23H30N4O3/c1-26(15-17-5-4-10-27-9-3-2-6-19(17)27)23(28)18-14-24-25-22(18)16-7-8-20-21(13-16)30-12-11-29-20/h7-8,13-14,17,19H,2-6,9-12,15H2,1H3,(H,24,25). The number of aromatic nitrogens is 2. The van der Waals surface area contributed by atoms with Crippen LogP contribution in [-0.4, -0.2) is 71.8 Å². The summed E-state index contributed by atoms with van der Waals surface area (Å²) in [5.41, 5.74) is 2.21. The lowest BCUT2D eigenvalue weighted by molar-refractivity contribution is 0.0403. The van der Waals surface area contributed by atoms with Crippen LogP contribution in [0.5, 0.6) is 11.5 Å². The van der Waals surface area contributed by atoms with Crippen molar-refractivity contribution in [2.45, 2.75) is 38.1 Å². The molecule has 1 amide bonds. The second-order valence-corrected chi connectivity index (χ2v) is 8.70. The Balaban J connectivity index is 1.33. The van der Waals surface area contributed by atoms with Crippen LogP contribution in [0.2, 0.25) is 0 Å². The van der Waals surface area contributed by atoms with Gasteiger partial charge in [-0.15, -0.1) is 0 Å². The molecule has 7 nitrogen and oxygen atoms in total. The molecule has 30 heavy (non-hydrogen) atoms. The van der Waals surface area contributed by atoms with Crippen molar-refractivity contribution in [2.75, 3.05) is 39.9 Å². The quantitative estimate of drug-likeness (QED) is 0.838. The van der Waals surface area contributed by atoms with Crippen molar-refractivity contribution in [1.29, 1.82) is 0 Å². The molecule has 2 saturated heterocycles. The van der Waals surface area contributed by atoms with Crippen LogP contribution in [0.1, 0.15) is 42.5 Å². The smallest absolute Gasteiger partial charge is 0.257 e. The van der Waals surface area contributed by atoms with Crippen LogP contribution in [0.4, 0.5) is 0 Å². The first-order valence-electron chi connectivity index (χ1n) is 11.1. The van der Waals surface area contributed by atoms with E-state index in [9.17, 15) is 4.79 Å². The normalized spacial score (nSPS) is 23.6. The molecule has 2 atom stereocenters. The molecule has 0 saturated carbocycles. The topological polar surface area (TPSA) is 70.7 Å². The Hall–Kier alpha value is -2.54. The number of piperidine rings is 2. The maximum absolute atomic E-state index is 13.3. The largest absolute Gasteiger partial charge is 0.486 e. The summed E-state index contributed by atoms with van der Waals surface area (Å²) in [7, 11) is 1.92. The number of nitrogens with one attached hydrogen (secondary N) is 1. The second-order valence-electron chi connectivity index (χ2n) is 8.70. The van der Waals surface area contributed by atoms with E-state index >= 15 is 0 Å². The van der Waals surface area contributed by atoms with Crippen LogP contribution < -0.4 is 9.47 Å². The van der Waals surface area contributed by atoms with Crippen molar-refractivity contribution in [2.24, 2.45) is 5.92 Å². The first-order chi connectivity index (χ1) is 14.7. The van der Waals surface area contributed by atoms with Gasteiger partial charge in [-0.1, -0.05) is 6.42 Å². The van der Waals surface area contributed by atoms with Gasteiger partial charge in [0.25, 0.3) is 5.91 Å². The van der Waals surface area contributed by atoms with E-state index in [1.54, 1.807) is 6.20 Å². The van der Waals surface area contributed by atoms with E-state index in [0.29, 0.717) is 36.5 Å². The summed E-state index contributed by atoms with van der Waals surface area (Å²) >= 11 is 0. The number of carbonyl (C=O) groups excluding carboxylic acids is 1. The fraction of sp³-hybridized carbons (Fsp3) is 0.565. The molecule has 1 aromatic heterocycles. The van der Waals surface area contributed by atoms with Gasteiger partial charge in [-0.3, -0.25) is 9.89 Å². The first kappa shape index (κ1) is 19.4. The monoisotopic (exact) mass is 410 g/mol. The van der Waals surface area contributed by atoms with Gasteiger partial charge in [-0.2, -0.15) is 5.10 Å². The Morgan fingerprint density at radius 2 is 2.00 bits per heavy atom. The average Bonchev–Trinajstić information content (AvgIpc) is 3.28. The number of nitrogens with zero attached hydrogens (tertiary/aromatic N) is 3. The molecule has 3 aliphatic rings. The Labute approximate surface area is 177 Å². The minimum absolute atomic E-state index is 0.0153. The van der Waals surface area contributed by atoms with Crippen LogP contribution >= 0.6 is 0 Å². The zero-order valence-electron chi connectivity index (χ0n) is 17.6. The van der Waals surface area contributed by atoms with Gasteiger partial charge in [-0.05, 0) is 62.9 Å². The molecule has 7 heteroatoms. The number of fused-ring (bicyclic) bond motifs is 2. The molecule has 5 rings (SSSR count). The van der Waals surface area contributed by atoms with E-state index in [0.717, 1.165) is 23.6 Å². The van der Waals surface area contributed by atoms with E-state index in [1.165, 1.54) is 45.2 Å². The predicted molar refractivity (Wildman–Crippen MR) is 114 cm³/mol. The van der Waals surface area contributed by atoms with Gasteiger partial charge in [0, 0.05) is 25.2 Å². The lowest BCUT2D eigenvalue weighted by Crippen LogP contribution is -2.51. The van der Waals surface area contributed by atoms with E-state index in [2.05, 4.69) is 15.1 Å². The summed E-state index contributed by atoms with van der Waals surface area (Å²) in [4.78, 5) is 17.9. The molecule has 2 fully saturated rings. The number of aromatic amines is 1. The van der Waals surface area contributed by atoms with Gasteiger partial charge < -0.3 is 19.3 Å². The van der Waals surface area contributed by atoms with E-state index < -0.39 is 0 Å². The Morgan fingerprint density at radius 3 is 2.90 bits per heavy atom. The Morgan fingerprint density at radius 1 is 1.17 bits per heavy atom. The van der Waals surface area contributed by atoms with E-state index in [1.807, 2.05) is 30.1 Å². The molecule has 2 aromatic rings. The Kier molecular flexibility index (Phi) is 5.37. The molecule has 160 valence electrons. The number of hydrogen-bond acceptors (Lipinski definition) is 5. The van der Waals surface area contributed by atoms with Crippen LogP contribution in [0, 0.1) is 5.92 Å². The van der Waals surface area contributed by atoms with Crippen molar-refractivity contribution >= 4 is 5.91 Å². The van der Waals surface area contributed by atoms with Crippen molar-refractivity contribution < 1.29 is 14.3 Å². The van der Waals surface area contributed by atoms with E-state index in [4.69, 9.17) is 9.47 Å². The lowest BCUT2D eigenvalue weighted by Gasteiger charge is -2.45. The zero-order chi connectivity index (χ0) is 20.5. The molecule has 1 aromatic carbocycles. The summed E-state index contributed by atoms with van der Waals surface area (Å²) in [6.45, 7) is 4.33. The second kappa shape index (κ2) is 8.30. The van der Waals surface area contributed by atoms with Gasteiger partial charge in [0.05, 0.1) is 17.5 Å². The van der Waals surface area contributed by atoms with Crippen molar-refractivity contribution in [3.05, 3.63) is 30.0 Å². The van der Waals surface area contributed by atoms with Crippen LogP contribution in [-0.2, 0) is 0 Å². The van der Waals surface area contributed by atoms with E-state index in [-0.39, 0.29) is 5.91 Å². The van der Waals surface area contributed by atoms with Crippen molar-refractivity contribution in [3.63, 3.8) is 0 Å². The van der Waals surface area contributed by atoms with Gasteiger partial charge in [0.2, 0.25) is 0 Å². The zero-order valence-corrected chi connectivity index (χ0v) is 17.6. The molecule has 3 aliphatic heterocycles. The minimum atomic E-state index is 0.0153. The molecule has 4 heterocycles. The molecule has 0 radical (unpaired) electrons. The number of benzene rings is 1. The SMILES string of the molecule is CN(CC1CCCN2CCCCC12)C(=O)c1cn[nH]c1-c1ccc2c(c1)OCCO2. The fourth-order valence-corrected chi connectivity index (χ4v) is 5.30. The molecule has 0 bridgehead atoms. The molecule has 0 spiro atoms. The Bertz CT molecular complexity index is 910. The minimum Gasteiger partial charge on any atom is -0.486 e. The number of H-pyrrole nitrogens is 1. The third-order valence-corrected chi connectivity index (χ3v) is 6.78. The van der Waals surface area contributed by atoms with Gasteiger partial charge >= 0.3 is 0 Å². The molecule has 0 aliphatic carbocycles. The van der Waals surface area contributed by atoms with Gasteiger partial charge in [0.15, 0.2) is 11.5 Å². The number of hydrogen-bond donors (Lipinski definition) is 1. The van der Waals surface area contributed by atoms with Crippen LogP contribution in [0.15, 0.2) is 24.4 Å². The number of amides is 1. The molecule has 1 N–H and O–H groups in total. The number of carbonyl (C=O) groups is 1. The number of rotatable bonds is 4. The molecular formula is C23H30N4O3. The highest BCUT2D eigenvalue weighted by Gasteiger charge is 2.34. The molecule has 2 unspecified atom stereocenters. The highest BCUT2D eigenvalue weighted by Crippen LogP contribution is 2.35. The van der Waals surface area contributed by atoms with Crippen molar-refractivity contribution in [1.82, 2.24) is 20.0 Å². The highest BCUT2D eigenvalue weighted by atomic mass is 16.6. The maximum atomic E-state index is 13.3. The van der Waals surface area contributed by atoms with Crippen molar-refractivity contribution in [3.8, 4) is 22.8 Å². The summed E-state index contributed by atoms with van der Waals surface area (Å²) in [5, 5.41) is 7.19. The third kappa shape index (κ3) is 3.67. The van der Waals surface area contributed by atoms with Crippen LogP contribution in [0.25, 0.3) is 11.3 Å². The van der Waals surface area contributed by atoms with Crippen LogP contribution in [0.3, 0.4) is 0 Å². The predicted octanol–water partition coefficient (Wildman–Crippen LogP) is 3.18. The highest BCUT2D eigenvalue weighted by molar-refractivity contribution is 5.99. The fourth-order valence-electron chi connectivity index (χ4n) is 5.30. The summed E-state index contributed by atoms with van der Waals surface area (Å²) in [6, 6.07) is 6.38. The maximum Gasteiger partial charge on any atom is 0.257 e. The number of ether oxygens (including phenoxy) is 2. The third-order valence-electron chi connectivity index (χ3n) is 6.78. The summed E-state index contributed by atoms with van der Waals surface area (Å²) < 4.78 is 11.3. The van der Waals surface area contributed by atoms with Gasteiger partial charge in [0.1, 0.15) is 13.2 Å². The summed E-state index contributed by atoms with van der Waals surface area (Å²) in [5.74, 6) is 2.02. The average molecular weight is 411 g/mol.